The zero-order valence-electron chi connectivity index (χ0n) is 7.50. The molecule has 0 bridgehead atoms. The molecule has 0 spiro atoms. The first-order chi connectivity index (χ1) is 5.95. The van der Waals surface area contributed by atoms with Crippen molar-refractivity contribution >= 4 is 5.91 Å². The third kappa shape index (κ3) is 1.40. The van der Waals surface area contributed by atoms with Crippen LogP contribution in [0.25, 0.3) is 0 Å². The zero-order valence-corrected chi connectivity index (χ0v) is 7.50. The Kier molecular flexibility index (Phi) is 2.10. The smallest absolute Gasteiger partial charge is 0.281 e. The Bertz CT molecular complexity index is 420. The van der Waals surface area contributed by atoms with Crippen molar-refractivity contribution in [2.75, 3.05) is 5.84 Å². The molecule has 0 fully saturated rings. The van der Waals surface area contributed by atoms with E-state index in [1.807, 2.05) is 0 Å². The number of rotatable bonds is 1. The zero-order chi connectivity index (χ0) is 10.2. The summed E-state index contributed by atoms with van der Waals surface area (Å²) in [5.41, 5.74) is 5.57. The Morgan fingerprint density at radius 3 is 2.46 bits per heavy atom. The highest BCUT2D eigenvalue weighted by atomic mass is 16.2. The van der Waals surface area contributed by atoms with Crippen LogP contribution in [0.5, 0.6) is 0 Å². The van der Waals surface area contributed by atoms with Gasteiger partial charge in [-0.05, 0) is 25.5 Å². The number of pyridine rings is 1. The minimum absolute atomic E-state index is 0.0481. The van der Waals surface area contributed by atoms with Gasteiger partial charge >= 0.3 is 0 Å². The van der Waals surface area contributed by atoms with Gasteiger partial charge in [-0.15, -0.1) is 0 Å². The predicted molar refractivity (Wildman–Crippen MR) is 48.8 cm³/mol. The van der Waals surface area contributed by atoms with Crippen LogP contribution in [0.3, 0.4) is 0 Å². The van der Waals surface area contributed by atoms with Crippen LogP contribution in [0, 0.1) is 13.8 Å². The topological polar surface area (TPSA) is 91.1 Å². The number of nitrogens with zero attached hydrogens (tertiary/aromatic N) is 1. The normalized spacial score (nSPS) is 10.0. The third-order valence-corrected chi connectivity index (χ3v) is 1.88. The quantitative estimate of drug-likeness (QED) is 0.560. The molecule has 1 heterocycles. The summed E-state index contributed by atoms with van der Waals surface area (Å²) in [6, 6.07) is 1.64. The molecule has 1 aromatic heterocycles. The van der Waals surface area contributed by atoms with E-state index in [0.717, 1.165) is 4.68 Å². The third-order valence-electron chi connectivity index (χ3n) is 1.88. The van der Waals surface area contributed by atoms with Crippen LogP contribution < -0.4 is 17.1 Å². The average molecular weight is 181 g/mol. The molecule has 1 amide bonds. The van der Waals surface area contributed by atoms with Gasteiger partial charge in [0.1, 0.15) is 5.56 Å². The van der Waals surface area contributed by atoms with Crippen LogP contribution in [-0.2, 0) is 0 Å². The molecule has 0 saturated heterocycles. The molecule has 13 heavy (non-hydrogen) atoms. The lowest BCUT2D eigenvalue weighted by molar-refractivity contribution is 0.0998. The molecule has 0 aliphatic rings. The van der Waals surface area contributed by atoms with E-state index in [4.69, 9.17) is 11.6 Å². The molecule has 0 aliphatic carbocycles. The second kappa shape index (κ2) is 2.93. The van der Waals surface area contributed by atoms with Gasteiger partial charge in [0.2, 0.25) is 0 Å². The maximum atomic E-state index is 11.4. The summed E-state index contributed by atoms with van der Waals surface area (Å²) in [5.74, 6) is 4.64. The fourth-order valence-electron chi connectivity index (χ4n) is 1.20. The summed E-state index contributed by atoms with van der Waals surface area (Å²) < 4.78 is 0.910. The number of hydrogen-bond acceptors (Lipinski definition) is 3. The predicted octanol–water partition coefficient (Wildman–Crippen LogP) is -0.722. The number of primary amides is 1. The minimum atomic E-state index is -0.748. The summed E-state index contributed by atoms with van der Waals surface area (Å²) >= 11 is 0. The van der Waals surface area contributed by atoms with Crippen LogP contribution >= 0.6 is 0 Å². The lowest BCUT2D eigenvalue weighted by Gasteiger charge is -2.07. The van der Waals surface area contributed by atoms with Gasteiger partial charge in [0.05, 0.1) is 0 Å². The Morgan fingerprint density at radius 2 is 2.00 bits per heavy atom. The van der Waals surface area contributed by atoms with E-state index in [0.29, 0.717) is 11.3 Å². The summed E-state index contributed by atoms with van der Waals surface area (Å²) in [5, 5.41) is 0. The molecule has 0 atom stereocenters. The van der Waals surface area contributed by atoms with Gasteiger partial charge in [-0.3, -0.25) is 9.59 Å². The summed E-state index contributed by atoms with van der Waals surface area (Å²) in [6.45, 7) is 3.33. The highest BCUT2D eigenvalue weighted by Gasteiger charge is 2.12. The number of aryl methyl sites for hydroxylation is 2. The van der Waals surface area contributed by atoms with Gasteiger partial charge in [-0.2, -0.15) is 0 Å². The van der Waals surface area contributed by atoms with Crippen LogP contribution in [0.4, 0.5) is 0 Å². The van der Waals surface area contributed by atoms with E-state index in [1.165, 1.54) is 0 Å². The van der Waals surface area contributed by atoms with Crippen molar-refractivity contribution in [3.05, 3.63) is 33.2 Å². The van der Waals surface area contributed by atoms with Crippen molar-refractivity contribution < 1.29 is 4.79 Å². The van der Waals surface area contributed by atoms with Gasteiger partial charge in [-0.1, -0.05) is 0 Å². The van der Waals surface area contributed by atoms with E-state index in [1.54, 1.807) is 19.9 Å². The number of carbonyl (C=O) groups excluding carboxylic acids is 1. The Hall–Kier alpha value is -1.78. The van der Waals surface area contributed by atoms with Crippen LogP contribution in [0.15, 0.2) is 10.9 Å². The van der Waals surface area contributed by atoms with Crippen molar-refractivity contribution in [2.45, 2.75) is 13.8 Å². The molecule has 0 saturated carbocycles. The molecule has 0 unspecified atom stereocenters. The molecule has 1 rings (SSSR count). The first kappa shape index (κ1) is 9.31. The van der Waals surface area contributed by atoms with Gasteiger partial charge < -0.3 is 11.6 Å². The first-order valence-corrected chi connectivity index (χ1v) is 3.73. The lowest BCUT2D eigenvalue weighted by atomic mass is 10.1. The second-order valence-electron chi connectivity index (χ2n) is 2.88. The van der Waals surface area contributed by atoms with Gasteiger partial charge in [0, 0.05) is 5.69 Å². The van der Waals surface area contributed by atoms with Crippen molar-refractivity contribution in [1.82, 2.24) is 4.68 Å². The SMILES string of the molecule is Cc1cc(C)n(N)c(=O)c1C(N)=O. The Morgan fingerprint density at radius 1 is 1.46 bits per heavy atom. The second-order valence-corrected chi connectivity index (χ2v) is 2.88. The highest BCUT2D eigenvalue weighted by Crippen LogP contribution is 2.03. The Labute approximate surface area is 74.9 Å². The van der Waals surface area contributed by atoms with Crippen molar-refractivity contribution in [3.63, 3.8) is 0 Å². The molecule has 5 heteroatoms. The van der Waals surface area contributed by atoms with Crippen LogP contribution in [0.1, 0.15) is 21.6 Å². The number of nitrogen functional groups attached to an aromatic ring is 1. The number of amides is 1. The minimum Gasteiger partial charge on any atom is -0.365 e. The largest absolute Gasteiger partial charge is 0.365 e. The van der Waals surface area contributed by atoms with Crippen molar-refractivity contribution in [2.24, 2.45) is 5.73 Å². The van der Waals surface area contributed by atoms with E-state index in [-0.39, 0.29) is 5.56 Å². The maximum Gasteiger partial charge on any atom is 0.281 e. The Balaban J connectivity index is 3.63. The van der Waals surface area contributed by atoms with E-state index in [2.05, 4.69) is 0 Å². The molecule has 0 radical (unpaired) electrons. The van der Waals surface area contributed by atoms with Gasteiger partial charge in [0.25, 0.3) is 11.5 Å². The summed E-state index contributed by atoms with van der Waals surface area (Å²) in [7, 11) is 0. The van der Waals surface area contributed by atoms with Crippen LogP contribution in [0.2, 0.25) is 0 Å². The fourth-order valence-corrected chi connectivity index (χ4v) is 1.20. The molecular weight excluding hydrogens is 170 g/mol. The number of carbonyl (C=O) groups is 1. The molecule has 5 nitrogen and oxygen atoms in total. The van der Waals surface area contributed by atoms with Crippen molar-refractivity contribution in [3.8, 4) is 0 Å². The number of hydrogen-bond donors (Lipinski definition) is 2. The summed E-state index contributed by atoms with van der Waals surface area (Å²) in [4.78, 5) is 22.2. The lowest BCUT2D eigenvalue weighted by Crippen LogP contribution is -2.36. The van der Waals surface area contributed by atoms with E-state index >= 15 is 0 Å². The van der Waals surface area contributed by atoms with Crippen molar-refractivity contribution in [1.29, 1.82) is 0 Å². The molecule has 70 valence electrons. The van der Waals surface area contributed by atoms with E-state index in [9.17, 15) is 9.59 Å². The summed E-state index contributed by atoms with van der Waals surface area (Å²) in [6.07, 6.45) is 0. The van der Waals surface area contributed by atoms with Gasteiger partial charge in [0.15, 0.2) is 0 Å². The monoisotopic (exact) mass is 181 g/mol. The number of nitrogens with two attached hydrogens (primary N) is 2. The number of aromatic nitrogens is 1. The first-order valence-electron chi connectivity index (χ1n) is 3.73. The molecule has 0 aliphatic heterocycles. The molecule has 4 N–H and O–H groups in total. The highest BCUT2D eigenvalue weighted by molar-refractivity contribution is 5.93. The van der Waals surface area contributed by atoms with Gasteiger partial charge in [-0.25, -0.2) is 4.68 Å². The fraction of sp³-hybridized carbons (Fsp3) is 0.250. The standard InChI is InChI=1S/C8H11N3O2/c1-4-3-5(2)11(10)8(13)6(4)7(9)12/h3H,10H2,1-2H3,(H2,9,12). The van der Waals surface area contributed by atoms with E-state index < -0.39 is 11.5 Å². The maximum absolute atomic E-state index is 11.4. The molecular formula is C8H11N3O2. The molecule has 1 aromatic rings. The van der Waals surface area contributed by atoms with Crippen LogP contribution in [-0.4, -0.2) is 10.6 Å². The molecule has 0 aromatic carbocycles. The average Bonchev–Trinajstić information content (AvgIpc) is 1.99.